The van der Waals surface area contributed by atoms with Crippen molar-refractivity contribution in [3.8, 4) is 11.1 Å². The fourth-order valence-electron chi connectivity index (χ4n) is 3.85. The van der Waals surface area contributed by atoms with E-state index in [9.17, 15) is 0 Å². The van der Waals surface area contributed by atoms with Crippen LogP contribution in [0.15, 0.2) is 72.8 Å². The number of aryl methyl sites for hydroxylation is 1. The second-order valence-corrected chi connectivity index (χ2v) is 24.3. The summed E-state index contributed by atoms with van der Waals surface area (Å²) in [6.45, 7) is 12.0. The number of halogens is 1. The van der Waals surface area contributed by atoms with Crippen LogP contribution in [0.1, 0.15) is 50.3 Å². The average molecular weight is 624 g/mol. The van der Waals surface area contributed by atoms with Gasteiger partial charge in [0.1, 0.15) is 0 Å². The van der Waals surface area contributed by atoms with Crippen LogP contribution in [-0.2, 0) is 33.7 Å². The Morgan fingerprint density at radius 2 is 1.40 bits per heavy atom. The number of unbranched alkanes of at least 4 members (excludes halogenated alkanes) is 1. The number of benzene rings is 3. The van der Waals surface area contributed by atoms with E-state index in [2.05, 4.69) is 129 Å². The van der Waals surface area contributed by atoms with Crippen molar-refractivity contribution in [2.75, 3.05) is 13.3 Å². The minimum atomic E-state index is -2.68. The summed E-state index contributed by atoms with van der Waals surface area (Å²) in [5.41, 5.74) is 6.55. The summed E-state index contributed by atoms with van der Waals surface area (Å²) < 4.78 is 9.53. The summed E-state index contributed by atoms with van der Waals surface area (Å²) in [6, 6.07) is 25.7. The number of hydrogen-bond donors (Lipinski definition) is 0. The quantitative estimate of drug-likeness (QED) is 0.0822. The molecule has 0 N–H and O–H groups in total. The van der Waals surface area contributed by atoms with Gasteiger partial charge in [0, 0.05) is 0 Å². The van der Waals surface area contributed by atoms with E-state index in [-0.39, 0.29) is 0 Å². The third-order valence-electron chi connectivity index (χ3n) is 5.83. The molecule has 0 fully saturated rings. The van der Waals surface area contributed by atoms with Gasteiger partial charge in [-0.25, -0.2) is 0 Å². The van der Waals surface area contributed by atoms with Crippen molar-refractivity contribution in [1.29, 1.82) is 0 Å². The molecule has 0 bridgehead atoms. The third-order valence-corrected chi connectivity index (χ3v) is 11.0. The van der Waals surface area contributed by atoms with Crippen molar-refractivity contribution in [3.63, 3.8) is 0 Å². The van der Waals surface area contributed by atoms with Crippen molar-refractivity contribution >= 4 is 40.6 Å². The van der Waals surface area contributed by atoms with Crippen molar-refractivity contribution in [2.24, 2.45) is 0 Å². The standard InChI is InChI=1S/C29H39IO3P2/c1-6-7-12-24-17-19-27(20-18-24)35(4,5,30)33-31-21-25-13-8-10-15-28(25)29-16-11-9-14-26(29)22-32-34-23(2)3/h8-11,13-20,23,34H,6-7,12,21-22H2,1-5H3. The molecule has 0 aliphatic rings. The van der Waals surface area contributed by atoms with E-state index >= 15 is 0 Å². The Hall–Kier alpha value is -0.870. The van der Waals surface area contributed by atoms with E-state index in [1.54, 1.807) is 0 Å². The number of hydrogen-bond acceptors (Lipinski definition) is 3. The molecule has 0 spiro atoms. The van der Waals surface area contributed by atoms with Crippen molar-refractivity contribution in [1.82, 2.24) is 0 Å². The Morgan fingerprint density at radius 1 is 0.829 bits per heavy atom. The van der Waals surface area contributed by atoms with Gasteiger partial charge < -0.3 is 0 Å². The molecule has 0 radical (unpaired) electrons. The van der Waals surface area contributed by atoms with Gasteiger partial charge in [0.25, 0.3) is 0 Å². The van der Waals surface area contributed by atoms with Crippen LogP contribution in [0.2, 0.25) is 0 Å². The van der Waals surface area contributed by atoms with Gasteiger partial charge in [-0.05, 0) is 0 Å². The zero-order valence-corrected chi connectivity index (χ0v) is 25.6. The zero-order chi connectivity index (χ0) is 25.3. The first-order valence-electron chi connectivity index (χ1n) is 12.4. The Balaban J connectivity index is 1.72. The van der Waals surface area contributed by atoms with E-state index in [1.807, 2.05) is 0 Å². The predicted molar refractivity (Wildman–Crippen MR) is 163 cm³/mol. The fourth-order valence-corrected chi connectivity index (χ4v) is 7.15. The molecule has 3 aromatic rings. The first-order chi connectivity index (χ1) is 16.7. The molecule has 1 atom stereocenters. The Morgan fingerprint density at radius 3 is 1.97 bits per heavy atom. The van der Waals surface area contributed by atoms with Gasteiger partial charge in [0.05, 0.1) is 0 Å². The van der Waals surface area contributed by atoms with Crippen molar-refractivity contribution in [2.45, 2.75) is 58.9 Å². The predicted octanol–water partition coefficient (Wildman–Crippen LogP) is 9.07. The summed E-state index contributed by atoms with van der Waals surface area (Å²) in [4.78, 5) is 5.97. The van der Waals surface area contributed by atoms with Gasteiger partial charge in [0.2, 0.25) is 0 Å². The van der Waals surface area contributed by atoms with E-state index in [0.29, 0.717) is 27.7 Å². The van der Waals surface area contributed by atoms with Gasteiger partial charge in [0.15, 0.2) is 0 Å². The molecular weight excluding hydrogens is 585 g/mol. The van der Waals surface area contributed by atoms with Gasteiger partial charge >= 0.3 is 228 Å². The normalized spacial score (nSPS) is 13.4. The minimum absolute atomic E-state index is 0.385. The van der Waals surface area contributed by atoms with Gasteiger partial charge in [-0.3, -0.25) is 0 Å². The van der Waals surface area contributed by atoms with E-state index < -0.39 is 4.47 Å². The van der Waals surface area contributed by atoms with Crippen molar-refractivity contribution < 1.29 is 14.1 Å². The molecule has 3 nitrogen and oxygen atoms in total. The van der Waals surface area contributed by atoms with Crippen molar-refractivity contribution in [3.05, 3.63) is 89.5 Å². The summed E-state index contributed by atoms with van der Waals surface area (Å²) in [7, 11) is 0.499. The zero-order valence-electron chi connectivity index (χ0n) is 21.6. The molecule has 0 aromatic heterocycles. The molecule has 0 saturated heterocycles. The Kier molecular flexibility index (Phi) is 10.7. The molecule has 0 aliphatic carbocycles. The second kappa shape index (κ2) is 13.1. The molecule has 0 amide bonds. The molecule has 3 aromatic carbocycles. The molecule has 6 heteroatoms. The molecule has 0 aliphatic heterocycles. The van der Waals surface area contributed by atoms with E-state index in [4.69, 9.17) is 14.1 Å². The average Bonchev–Trinajstić information content (AvgIpc) is 2.83. The van der Waals surface area contributed by atoms with Crippen LogP contribution in [0.4, 0.5) is 0 Å². The first-order valence-corrected chi connectivity index (χ1v) is 19.2. The molecular formula is C29H39IO3P2. The number of rotatable bonds is 13. The topological polar surface area (TPSA) is 27.7 Å². The van der Waals surface area contributed by atoms with Crippen LogP contribution >= 0.6 is 35.3 Å². The van der Waals surface area contributed by atoms with E-state index in [1.165, 1.54) is 34.8 Å². The molecule has 35 heavy (non-hydrogen) atoms. The molecule has 1 unspecified atom stereocenters. The summed E-state index contributed by atoms with van der Waals surface area (Å²) in [5, 5.41) is 1.21. The second-order valence-electron chi connectivity index (χ2n) is 9.82. The monoisotopic (exact) mass is 624 g/mol. The Bertz CT molecular complexity index is 1080. The molecule has 190 valence electrons. The van der Waals surface area contributed by atoms with Crippen LogP contribution in [-0.4, -0.2) is 19.0 Å². The van der Waals surface area contributed by atoms with E-state index in [0.717, 1.165) is 17.5 Å². The van der Waals surface area contributed by atoms with Crippen LogP contribution in [0.5, 0.6) is 0 Å². The first kappa shape index (κ1) is 28.7. The maximum absolute atomic E-state index is 6.23. The third kappa shape index (κ3) is 8.59. The molecule has 0 saturated carbocycles. The summed E-state index contributed by atoms with van der Waals surface area (Å²) in [5.74, 6) is 0. The Labute approximate surface area is 226 Å². The van der Waals surface area contributed by atoms with Crippen LogP contribution in [0.25, 0.3) is 11.1 Å². The van der Waals surface area contributed by atoms with Crippen LogP contribution < -0.4 is 5.30 Å². The van der Waals surface area contributed by atoms with Crippen LogP contribution in [0.3, 0.4) is 0 Å². The maximum atomic E-state index is 6.23. The summed E-state index contributed by atoms with van der Waals surface area (Å²) in [6.07, 6.45) is 3.56. The van der Waals surface area contributed by atoms with Gasteiger partial charge in [-0.1, -0.05) is 0 Å². The SMILES string of the molecule is CCCCc1ccc(P(C)(C)(I)OOCc2ccccc2-c2ccccc2COPC(C)C)cc1. The van der Waals surface area contributed by atoms with Gasteiger partial charge in [-0.2, -0.15) is 0 Å². The summed E-state index contributed by atoms with van der Waals surface area (Å²) >= 11 is 2.47. The molecule has 3 rings (SSSR count). The molecule has 0 heterocycles. The van der Waals surface area contributed by atoms with Gasteiger partial charge in [-0.15, -0.1) is 0 Å². The fraction of sp³-hybridized carbons (Fsp3) is 0.379. The van der Waals surface area contributed by atoms with Crippen LogP contribution in [0, 0.1) is 0 Å².